The third kappa shape index (κ3) is 10.7. The number of aromatic amines is 2. The number of aromatic nitrogens is 3. The zero-order valence-corrected chi connectivity index (χ0v) is 39.8. The Kier molecular flexibility index (Phi) is 15.6. The number of nitrogens with zero attached hydrogens (tertiary/aromatic N) is 2. The van der Waals surface area contributed by atoms with Gasteiger partial charge in [-0.2, -0.15) is 0 Å². The van der Waals surface area contributed by atoms with Gasteiger partial charge in [0.1, 0.15) is 0 Å². The molecule has 6 aromatic carbocycles. The van der Waals surface area contributed by atoms with E-state index in [4.69, 9.17) is 11.1 Å². The number of fused-ring (bicyclic) bond motifs is 9. The van der Waals surface area contributed by atoms with Gasteiger partial charge in [0, 0.05) is 67.2 Å². The molecule has 6 heteroatoms. The maximum Gasteiger partial charge on any atom is 0.0701 e. The smallest absolute Gasteiger partial charge is 0.0701 e. The van der Waals surface area contributed by atoms with Crippen LogP contribution in [0.25, 0.3) is 93.9 Å². The molecule has 0 saturated carbocycles. The summed E-state index contributed by atoms with van der Waals surface area (Å²) in [5.74, 6) is 0. The zero-order chi connectivity index (χ0) is 48.2. The van der Waals surface area contributed by atoms with Crippen LogP contribution in [0.4, 0.5) is 0 Å². The molecule has 0 saturated heterocycles. The Morgan fingerprint density at radius 1 is 0.647 bits per heavy atom. The fraction of sp³-hybridized carbons (Fsp3) is 0.113. The van der Waals surface area contributed by atoms with Crippen molar-refractivity contribution in [2.75, 3.05) is 0 Å². The lowest BCUT2D eigenvalue weighted by Gasteiger charge is -2.20. The SMILES string of the molecule is C/C=C(C)\C=C/N.C=C/C=C(\N=CC)c1ccc(-c2ccc3[nH]c4cc5c(cc4c3c2)CCc2cc3c(cc2-5)[nH]c2ccc(-c4ccc(-c5ccccn5)cc4)cc23)cc1.C=CC(=C)C.CC=N. The van der Waals surface area contributed by atoms with Crippen LogP contribution in [0, 0.1) is 5.41 Å². The third-order valence-corrected chi connectivity index (χ3v) is 12.0. The minimum Gasteiger partial charge on any atom is -0.405 e. The lowest BCUT2D eigenvalue weighted by atomic mass is 9.84. The minimum atomic E-state index is 0.909. The number of nitrogens with two attached hydrogens (primary N) is 1. The van der Waals surface area contributed by atoms with E-state index in [0.717, 1.165) is 52.0 Å². The highest BCUT2D eigenvalue weighted by Crippen LogP contribution is 2.42. The van der Waals surface area contributed by atoms with Gasteiger partial charge in [0.15, 0.2) is 0 Å². The number of benzene rings is 6. The van der Waals surface area contributed by atoms with Crippen LogP contribution >= 0.6 is 0 Å². The predicted octanol–water partition coefficient (Wildman–Crippen LogP) is 16.6. The molecular weight excluding hydrogens is 829 g/mol. The molecule has 6 nitrogen and oxygen atoms in total. The molecule has 9 aromatic rings. The maximum absolute atomic E-state index is 6.08. The van der Waals surface area contributed by atoms with E-state index >= 15 is 0 Å². The fourth-order valence-electron chi connectivity index (χ4n) is 8.44. The van der Waals surface area contributed by atoms with Crippen LogP contribution in [0.15, 0.2) is 206 Å². The van der Waals surface area contributed by atoms with E-state index < -0.39 is 0 Å². The van der Waals surface area contributed by atoms with Crippen LogP contribution in [0.5, 0.6) is 0 Å². The first kappa shape index (κ1) is 47.6. The summed E-state index contributed by atoms with van der Waals surface area (Å²) in [6, 6.07) is 46.5. The van der Waals surface area contributed by atoms with Gasteiger partial charge in [-0.25, -0.2) is 0 Å². The van der Waals surface area contributed by atoms with Crippen LogP contribution in [-0.4, -0.2) is 27.4 Å². The van der Waals surface area contributed by atoms with Gasteiger partial charge in [-0.1, -0.05) is 116 Å². The van der Waals surface area contributed by atoms with Crippen molar-refractivity contribution < 1.29 is 0 Å². The monoisotopic (exact) mass is 888 g/mol. The van der Waals surface area contributed by atoms with Crippen LogP contribution in [0.3, 0.4) is 0 Å². The molecule has 0 spiro atoms. The van der Waals surface area contributed by atoms with Crippen molar-refractivity contribution in [1.82, 2.24) is 15.0 Å². The van der Waals surface area contributed by atoms with Gasteiger partial charge in [0.25, 0.3) is 0 Å². The van der Waals surface area contributed by atoms with Crippen molar-refractivity contribution >= 4 is 61.7 Å². The summed E-state index contributed by atoms with van der Waals surface area (Å²) in [4.78, 5) is 16.5. The number of nitrogens with one attached hydrogen (secondary N) is 3. The average molecular weight is 889 g/mol. The quantitative estimate of drug-likeness (QED) is 0.0901. The third-order valence-electron chi connectivity index (χ3n) is 12.0. The maximum atomic E-state index is 6.08. The van der Waals surface area contributed by atoms with Gasteiger partial charge in [-0.15, -0.1) is 0 Å². The molecular formula is C62H60N6. The van der Waals surface area contributed by atoms with E-state index in [1.54, 1.807) is 19.1 Å². The molecule has 0 radical (unpaired) electrons. The van der Waals surface area contributed by atoms with Crippen LogP contribution in [0.2, 0.25) is 0 Å². The van der Waals surface area contributed by atoms with Crippen molar-refractivity contribution in [2.45, 2.75) is 47.5 Å². The molecule has 3 aromatic heterocycles. The molecule has 0 unspecified atom stereocenters. The van der Waals surface area contributed by atoms with E-state index in [0.29, 0.717) is 0 Å². The Morgan fingerprint density at radius 3 is 1.56 bits per heavy atom. The van der Waals surface area contributed by atoms with Crippen LogP contribution < -0.4 is 5.73 Å². The molecule has 1 aliphatic carbocycles. The van der Waals surface area contributed by atoms with Crippen molar-refractivity contribution in [3.63, 3.8) is 0 Å². The fourth-order valence-corrected chi connectivity index (χ4v) is 8.44. The summed E-state index contributed by atoms with van der Waals surface area (Å²) in [5, 5.41) is 11.2. The highest BCUT2D eigenvalue weighted by atomic mass is 14.7. The molecule has 0 bridgehead atoms. The first-order chi connectivity index (χ1) is 33.1. The Balaban J connectivity index is 0.000000400. The van der Waals surface area contributed by atoms with Gasteiger partial charge in [0.2, 0.25) is 0 Å². The highest BCUT2D eigenvalue weighted by molar-refractivity contribution is 6.12. The minimum absolute atomic E-state index is 0.909. The summed E-state index contributed by atoms with van der Waals surface area (Å²) >= 11 is 0. The highest BCUT2D eigenvalue weighted by Gasteiger charge is 2.21. The van der Waals surface area contributed by atoms with E-state index in [9.17, 15) is 0 Å². The van der Waals surface area contributed by atoms with E-state index in [-0.39, 0.29) is 0 Å². The van der Waals surface area contributed by atoms with E-state index in [1.807, 2.05) is 70.5 Å². The standard InChI is InChI=1S/C49H36N4.C6H11N.C5H8.C2H5N/c1-3-7-44(50-4-2)32-13-9-30(10-14-32)34-19-21-46-40(24-34)42-26-36-17-18-37-27-43-41-25-35(31-11-15-33(16-12-31)45-8-5-6-23-51-45)20-22-47(41)53-49(43)29-39(37)38(36)28-48(42)52-46;1-3-6(2)4-5-7;1-4-5(2)3;1-2-3/h3-16,19-29,52-53H,1,17-18H2,2H3;3-5H,7H2,1-2H3;4H,1-2H2,3H3;2-3H,1H3/b44-7-,50-4?;5-4-,6-3-;;. The average Bonchev–Trinajstić information content (AvgIpc) is 3.92. The number of aryl methyl sites for hydroxylation is 2. The predicted molar refractivity (Wildman–Crippen MR) is 297 cm³/mol. The molecule has 0 aliphatic heterocycles. The molecule has 0 amide bonds. The van der Waals surface area contributed by atoms with Gasteiger partial charge >= 0.3 is 0 Å². The van der Waals surface area contributed by atoms with Crippen molar-refractivity contribution in [1.29, 1.82) is 5.41 Å². The van der Waals surface area contributed by atoms with Gasteiger partial charge in [-0.3, -0.25) is 9.98 Å². The molecule has 5 N–H and O–H groups in total. The summed E-state index contributed by atoms with van der Waals surface area (Å²) in [5.41, 5.74) is 26.3. The summed E-state index contributed by atoms with van der Waals surface area (Å²) in [7, 11) is 0. The van der Waals surface area contributed by atoms with Crippen molar-refractivity contribution in [2.24, 2.45) is 10.7 Å². The molecule has 3 heterocycles. The van der Waals surface area contributed by atoms with Crippen molar-refractivity contribution in [3.05, 3.63) is 218 Å². The summed E-state index contributed by atoms with van der Waals surface area (Å²) in [6.07, 6.45) is 17.8. The number of rotatable bonds is 8. The molecule has 0 atom stereocenters. The lowest BCUT2D eigenvalue weighted by molar-refractivity contribution is 0.946. The molecule has 10 rings (SSSR count). The molecule has 0 fully saturated rings. The number of pyridine rings is 1. The number of hydrogen-bond donors (Lipinski definition) is 4. The molecule has 68 heavy (non-hydrogen) atoms. The first-order valence-corrected chi connectivity index (χ1v) is 23.0. The second kappa shape index (κ2) is 22.2. The zero-order valence-electron chi connectivity index (χ0n) is 39.8. The topological polar surface area (TPSA) is 107 Å². The Morgan fingerprint density at radius 2 is 1.13 bits per heavy atom. The lowest BCUT2D eigenvalue weighted by Crippen LogP contribution is -2.04. The van der Waals surface area contributed by atoms with E-state index in [2.05, 4.69) is 155 Å². The second-order valence-corrected chi connectivity index (χ2v) is 16.7. The Bertz CT molecular complexity index is 3390. The Hall–Kier alpha value is -8.35. The van der Waals surface area contributed by atoms with Gasteiger partial charge in [-0.05, 0) is 177 Å². The second-order valence-electron chi connectivity index (χ2n) is 16.7. The number of H-pyrrole nitrogens is 2. The van der Waals surface area contributed by atoms with Crippen molar-refractivity contribution in [3.8, 4) is 44.6 Å². The van der Waals surface area contributed by atoms with Crippen LogP contribution in [0.1, 0.15) is 51.3 Å². The number of hydrogen-bond acceptors (Lipinski definition) is 4. The van der Waals surface area contributed by atoms with Gasteiger partial charge in [0.05, 0.1) is 11.4 Å². The summed E-state index contributed by atoms with van der Waals surface area (Å²) < 4.78 is 0. The molecule has 1 aliphatic rings. The molecule has 338 valence electrons. The Labute approximate surface area is 400 Å². The normalized spacial score (nSPS) is 12.1. The van der Waals surface area contributed by atoms with Crippen LogP contribution in [-0.2, 0) is 12.8 Å². The number of allylic oxidation sites excluding steroid dienone is 7. The largest absolute Gasteiger partial charge is 0.405 e. The number of aliphatic imine (C=N–C) groups is 1. The first-order valence-electron chi connectivity index (χ1n) is 23.0. The van der Waals surface area contributed by atoms with Gasteiger partial charge < -0.3 is 21.1 Å². The van der Waals surface area contributed by atoms with E-state index in [1.165, 1.54) is 95.1 Å². The summed E-state index contributed by atoms with van der Waals surface area (Å²) in [6.45, 7) is 20.4.